The summed E-state index contributed by atoms with van der Waals surface area (Å²) in [6.07, 6.45) is 1.04. The average molecular weight is 514 g/mol. The summed E-state index contributed by atoms with van der Waals surface area (Å²) in [6, 6.07) is 14.8. The third kappa shape index (κ3) is 5.76. The van der Waals surface area contributed by atoms with E-state index in [-0.39, 0.29) is 34.6 Å². The summed E-state index contributed by atoms with van der Waals surface area (Å²) in [6.45, 7) is 5.61. The molecule has 0 saturated heterocycles. The van der Waals surface area contributed by atoms with Gasteiger partial charge < -0.3 is 13.9 Å². The molecule has 0 aliphatic carbocycles. The molecule has 0 aliphatic rings. The van der Waals surface area contributed by atoms with Gasteiger partial charge in [-0.1, -0.05) is 26.0 Å². The zero-order valence-electron chi connectivity index (χ0n) is 19.8. The number of nitriles is 2. The molecule has 0 spiro atoms. The molecule has 0 radical (unpaired) electrons. The quantitative estimate of drug-likeness (QED) is 0.378. The number of halogens is 1. The lowest BCUT2D eigenvalue weighted by Crippen LogP contribution is -2.19. The van der Waals surface area contributed by atoms with Crippen LogP contribution in [-0.2, 0) is 21.9 Å². The van der Waals surface area contributed by atoms with Crippen LogP contribution in [0.4, 0.5) is 0 Å². The first-order valence-electron chi connectivity index (χ1n) is 10.6. The van der Waals surface area contributed by atoms with Crippen LogP contribution in [0, 0.1) is 29.6 Å². The van der Waals surface area contributed by atoms with Gasteiger partial charge >= 0.3 is 0 Å². The van der Waals surface area contributed by atoms with Gasteiger partial charge in [0.25, 0.3) is 0 Å². The van der Waals surface area contributed by atoms with E-state index in [1.807, 2.05) is 26.0 Å². The molecule has 2 aromatic carbocycles. The highest BCUT2D eigenvalue weighted by molar-refractivity contribution is 7.90. The van der Waals surface area contributed by atoms with Crippen molar-refractivity contribution in [2.75, 3.05) is 18.7 Å². The van der Waals surface area contributed by atoms with E-state index in [4.69, 9.17) is 25.5 Å². The first-order chi connectivity index (χ1) is 16.5. The van der Waals surface area contributed by atoms with Crippen LogP contribution in [-0.4, -0.2) is 32.1 Å². The fourth-order valence-corrected chi connectivity index (χ4v) is 4.44. The Balaban J connectivity index is 1.89. The van der Waals surface area contributed by atoms with Crippen LogP contribution in [0.15, 0.2) is 45.8 Å². The molecule has 0 saturated carbocycles. The highest BCUT2D eigenvalue weighted by Crippen LogP contribution is 2.36. The number of alkyl halides is 1. The van der Waals surface area contributed by atoms with Gasteiger partial charge in [0.1, 0.15) is 36.9 Å². The van der Waals surface area contributed by atoms with Crippen molar-refractivity contribution in [2.45, 2.75) is 37.8 Å². The number of aromatic nitrogens is 1. The zero-order chi connectivity index (χ0) is 25.8. The molecule has 10 heteroatoms. The number of hydrogen-bond donors (Lipinski definition) is 0. The number of hydrogen-bond acceptors (Lipinski definition) is 8. The number of sulfone groups is 1. The predicted molar refractivity (Wildman–Crippen MR) is 129 cm³/mol. The van der Waals surface area contributed by atoms with E-state index >= 15 is 0 Å². The summed E-state index contributed by atoms with van der Waals surface area (Å²) in [5, 5.41) is 19.1. The minimum absolute atomic E-state index is 0.0683. The van der Waals surface area contributed by atoms with Crippen molar-refractivity contribution in [3.05, 3.63) is 70.3 Å². The normalized spacial score (nSPS) is 11.5. The van der Waals surface area contributed by atoms with Crippen molar-refractivity contribution in [1.82, 2.24) is 4.98 Å². The Kier molecular flexibility index (Phi) is 7.74. The Bertz CT molecular complexity index is 1430. The molecule has 3 rings (SSSR count). The fourth-order valence-electron chi connectivity index (χ4n) is 3.55. The Hall–Kier alpha value is -3.53. The third-order valence-corrected chi connectivity index (χ3v) is 6.63. The van der Waals surface area contributed by atoms with Crippen LogP contribution in [0.3, 0.4) is 0 Å². The van der Waals surface area contributed by atoms with Gasteiger partial charge in [0.2, 0.25) is 0 Å². The summed E-state index contributed by atoms with van der Waals surface area (Å²) in [5.74, 6) is 1.33. The van der Waals surface area contributed by atoms with E-state index in [0.29, 0.717) is 23.8 Å². The van der Waals surface area contributed by atoms with Crippen LogP contribution in [0.25, 0.3) is 0 Å². The van der Waals surface area contributed by atoms with Gasteiger partial charge in [-0.3, -0.25) is 0 Å². The number of ether oxygens (including phenoxy) is 2. The summed E-state index contributed by atoms with van der Waals surface area (Å²) in [7, 11) is -3.59. The van der Waals surface area contributed by atoms with E-state index in [2.05, 4.69) is 17.1 Å². The molecule has 0 N–H and O–H groups in total. The molecule has 0 unspecified atom stereocenters. The number of benzene rings is 2. The lowest BCUT2D eigenvalue weighted by molar-refractivity contribution is 0.262. The van der Waals surface area contributed by atoms with Crippen LogP contribution < -0.4 is 9.47 Å². The van der Waals surface area contributed by atoms with E-state index < -0.39 is 15.3 Å². The van der Waals surface area contributed by atoms with Crippen molar-refractivity contribution in [2.24, 2.45) is 0 Å². The number of oxazole rings is 1. The standard InChI is InChI=1S/C25H24ClN3O5S/c1-16-29-24(35(4,30)31)23(34-16)15-33-22-8-6-20(12-18(22)14-28)25(2,3)19-5-7-21(32-10-9-26)17(11-19)13-27/h5-8,11-12H,9-10,15H2,1-4H3. The lowest BCUT2D eigenvalue weighted by Gasteiger charge is -2.27. The van der Waals surface area contributed by atoms with Crippen molar-refractivity contribution < 1.29 is 22.3 Å². The van der Waals surface area contributed by atoms with Gasteiger partial charge in [0.15, 0.2) is 26.5 Å². The van der Waals surface area contributed by atoms with Crippen LogP contribution >= 0.6 is 11.6 Å². The molecule has 1 aromatic heterocycles. The van der Waals surface area contributed by atoms with E-state index in [9.17, 15) is 18.9 Å². The van der Waals surface area contributed by atoms with Crippen LogP contribution in [0.1, 0.15) is 47.8 Å². The lowest BCUT2D eigenvalue weighted by atomic mass is 9.77. The molecule has 182 valence electrons. The number of aryl methyl sites for hydroxylation is 1. The fraction of sp³-hybridized carbons (Fsp3) is 0.320. The first kappa shape index (κ1) is 26.1. The van der Waals surface area contributed by atoms with Crippen LogP contribution in [0.2, 0.25) is 0 Å². The van der Waals surface area contributed by atoms with Gasteiger partial charge in [-0.25, -0.2) is 13.4 Å². The molecule has 0 amide bonds. The minimum Gasteiger partial charge on any atom is -0.491 e. The second kappa shape index (κ2) is 10.4. The molecule has 8 nitrogen and oxygen atoms in total. The number of nitrogens with zero attached hydrogens (tertiary/aromatic N) is 3. The van der Waals surface area contributed by atoms with Gasteiger partial charge in [-0.2, -0.15) is 10.5 Å². The summed E-state index contributed by atoms with van der Waals surface area (Å²) < 4.78 is 40.5. The molecular weight excluding hydrogens is 490 g/mol. The highest BCUT2D eigenvalue weighted by atomic mass is 35.5. The van der Waals surface area contributed by atoms with Crippen LogP contribution in [0.5, 0.6) is 11.5 Å². The Morgan fingerprint density at radius 3 is 2.06 bits per heavy atom. The second-order valence-electron chi connectivity index (χ2n) is 8.33. The van der Waals surface area contributed by atoms with Crippen molar-refractivity contribution >= 4 is 21.4 Å². The van der Waals surface area contributed by atoms with Crippen molar-refractivity contribution in [3.63, 3.8) is 0 Å². The summed E-state index contributed by atoms with van der Waals surface area (Å²) >= 11 is 5.68. The Labute approximate surface area is 209 Å². The predicted octanol–water partition coefficient (Wildman–Crippen LogP) is 4.65. The second-order valence-corrected chi connectivity index (χ2v) is 10.6. The maximum absolute atomic E-state index is 11.9. The SMILES string of the molecule is Cc1nc(S(C)(=O)=O)c(COc2ccc(C(C)(C)c3ccc(OCCCl)c(C#N)c3)cc2C#N)o1. The van der Waals surface area contributed by atoms with E-state index in [1.165, 1.54) is 0 Å². The largest absolute Gasteiger partial charge is 0.491 e. The maximum Gasteiger partial charge on any atom is 0.200 e. The highest BCUT2D eigenvalue weighted by Gasteiger charge is 2.26. The smallest absolute Gasteiger partial charge is 0.200 e. The Morgan fingerprint density at radius 2 is 1.57 bits per heavy atom. The molecule has 0 bridgehead atoms. The maximum atomic E-state index is 11.9. The minimum atomic E-state index is -3.59. The monoisotopic (exact) mass is 513 g/mol. The van der Waals surface area contributed by atoms with Gasteiger partial charge in [0.05, 0.1) is 17.0 Å². The molecule has 1 heterocycles. The third-order valence-electron chi connectivity index (χ3n) is 5.46. The van der Waals surface area contributed by atoms with Crippen molar-refractivity contribution in [1.29, 1.82) is 10.5 Å². The zero-order valence-corrected chi connectivity index (χ0v) is 21.3. The van der Waals surface area contributed by atoms with Gasteiger partial charge in [0, 0.05) is 18.6 Å². The molecule has 3 aromatic rings. The summed E-state index contributed by atoms with van der Waals surface area (Å²) in [5.41, 5.74) is 1.80. The molecule has 35 heavy (non-hydrogen) atoms. The summed E-state index contributed by atoms with van der Waals surface area (Å²) in [4.78, 5) is 3.92. The van der Waals surface area contributed by atoms with E-state index in [0.717, 1.165) is 17.4 Å². The topological polar surface area (TPSA) is 126 Å². The molecule has 0 atom stereocenters. The van der Waals surface area contributed by atoms with Gasteiger partial charge in [-0.15, -0.1) is 11.6 Å². The number of rotatable bonds is 9. The molecule has 0 fully saturated rings. The molecular formula is C25H24ClN3O5S. The van der Waals surface area contributed by atoms with Gasteiger partial charge in [-0.05, 0) is 35.4 Å². The van der Waals surface area contributed by atoms with E-state index in [1.54, 1.807) is 31.2 Å². The first-order valence-corrected chi connectivity index (χ1v) is 13.0. The Morgan fingerprint density at radius 1 is 1.03 bits per heavy atom. The molecule has 0 aliphatic heterocycles. The average Bonchev–Trinajstić information content (AvgIpc) is 3.22. The van der Waals surface area contributed by atoms with Crippen molar-refractivity contribution in [3.8, 4) is 23.6 Å².